The SMILES string of the molecule is Cc1ccc(N(c2ccc(-c3cccc(-c4c5ccccc5c(-c5cccc(-c6ccc(N(c7ccc(C)cc7C)c7ccc(C)cc7C)cc6)c5)c5c6ccccc6c6ccccc6c45)c3)cc2)c2ccc(C)cc2C)c(C)c1. The molecule has 0 heterocycles. The highest BCUT2D eigenvalue weighted by Crippen LogP contribution is 2.51. The van der Waals surface area contributed by atoms with Gasteiger partial charge in [0.05, 0.1) is 0 Å². The number of nitrogens with zero attached hydrogens (tertiary/aromatic N) is 2. The predicted molar refractivity (Wildman–Crippen MR) is 345 cm³/mol. The van der Waals surface area contributed by atoms with Crippen LogP contribution in [0, 0.1) is 55.4 Å². The molecule has 0 aliphatic heterocycles. The Hall–Kier alpha value is -9.50. The van der Waals surface area contributed by atoms with Crippen molar-refractivity contribution in [2.45, 2.75) is 55.4 Å². The highest BCUT2D eigenvalue weighted by molar-refractivity contribution is 6.36. The van der Waals surface area contributed by atoms with E-state index in [0.717, 1.165) is 11.4 Å². The van der Waals surface area contributed by atoms with E-state index in [9.17, 15) is 0 Å². The van der Waals surface area contributed by atoms with E-state index in [1.54, 1.807) is 0 Å². The summed E-state index contributed by atoms with van der Waals surface area (Å²) < 4.78 is 0. The van der Waals surface area contributed by atoms with Gasteiger partial charge in [0.25, 0.3) is 0 Å². The molecule has 13 aromatic carbocycles. The van der Waals surface area contributed by atoms with Gasteiger partial charge in [-0.05, 0) is 226 Å². The molecule has 0 atom stereocenters. The van der Waals surface area contributed by atoms with Crippen LogP contribution in [-0.4, -0.2) is 0 Å². The highest BCUT2D eigenvalue weighted by atomic mass is 15.2. The van der Waals surface area contributed by atoms with E-state index in [1.165, 1.54) is 155 Å². The zero-order valence-electron chi connectivity index (χ0n) is 47.0. The van der Waals surface area contributed by atoms with Gasteiger partial charge in [-0.2, -0.15) is 0 Å². The maximum Gasteiger partial charge on any atom is 0.0491 e. The van der Waals surface area contributed by atoms with Gasteiger partial charge in [0, 0.05) is 34.1 Å². The molecule has 80 heavy (non-hydrogen) atoms. The Bertz CT molecular complexity index is 4170. The first-order valence-electron chi connectivity index (χ1n) is 28.1. The summed E-state index contributed by atoms with van der Waals surface area (Å²) in [5.74, 6) is 0. The first-order valence-corrected chi connectivity index (χ1v) is 28.1. The van der Waals surface area contributed by atoms with Crippen LogP contribution in [0.3, 0.4) is 0 Å². The number of rotatable bonds is 10. The fourth-order valence-corrected chi connectivity index (χ4v) is 12.8. The summed E-state index contributed by atoms with van der Waals surface area (Å²) in [6.07, 6.45) is 0. The van der Waals surface area contributed by atoms with Gasteiger partial charge >= 0.3 is 0 Å². The van der Waals surface area contributed by atoms with E-state index < -0.39 is 0 Å². The second-order valence-electron chi connectivity index (χ2n) is 22.2. The molecule has 0 aromatic heterocycles. The Kier molecular flexibility index (Phi) is 12.7. The summed E-state index contributed by atoms with van der Waals surface area (Å²) >= 11 is 0. The van der Waals surface area contributed by atoms with Gasteiger partial charge in [0.1, 0.15) is 0 Å². The Morgan fingerprint density at radius 1 is 0.212 bits per heavy atom. The molecule has 0 fully saturated rings. The third kappa shape index (κ3) is 8.88. The smallest absolute Gasteiger partial charge is 0.0491 e. The van der Waals surface area contributed by atoms with Crippen LogP contribution in [-0.2, 0) is 0 Å². The molecule has 13 aromatic rings. The quantitative estimate of drug-likeness (QED) is 0.0995. The molecule has 0 unspecified atom stereocenters. The van der Waals surface area contributed by atoms with Gasteiger partial charge in [0.2, 0.25) is 0 Å². The molecule has 0 N–H and O–H groups in total. The second-order valence-corrected chi connectivity index (χ2v) is 22.2. The van der Waals surface area contributed by atoms with Crippen LogP contribution in [0.5, 0.6) is 0 Å². The Balaban J connectivity index is 0.960. The third-order valence-corrected chi connectivity index (χ3v) is 16.5. The van der Waals surface area contributed by atoms with Crippen molar-refractivity contribution in [1.82, 2.24) is 0 Å². The topological polar surface area (TPSA) is 6.48 Å². The van der Waals surface area contributed by atoms with E-state index >= 15 is 0 Å². The molecule has 13 rings (SSSR count). The van der Waals surface area contributed by atoms with Crippen LogP contribution < -0.4 is 9.80 Å². The fourth-order valence-electron chi connectivity index (χ4n) is 12.8. The third-order valence-electron chi connectivity index (χ3n) is 16.5. The maximum absolute atomic E-state index is 2.42. The van der Waals surface area contributed by atoms with Gasteiger partial charge in [-0.15, -0.1) is 0 Å². The molecular formula is C78H64N2. The van der Waals surface area contributed by atoms with Crippen LogP contribution in [0.1, 0.15) is 44.5 Å². The first-order chi connectivity index (χ1) is 39.0. The Morgan fingerprint density at radius 2 is 0.500 bits per heavy atom. The second kappa shape index (κ2) is 20.4. The van der Waals surface area contributed by atoms with E-state index in [2.05, 4.69) is 308 Å². The average Bonchev–Trinajstić information content (AvgIpc) is 3.47. The van der Waals surface area contributed by atoms with Crippen LogP contribution in [0.4, 0.5) is 34.1 Å². The van der Waals surface area contributed by atoms with Crippen LogP contribution in [0.25, 0.3) is 87.6 Å². The summed E-state index contributed by atoms with van der Waals surface area (Å²) in [5.41, 5.74) is 26.6. The van der Waals surface area contributed by atoms with Crippen molar-refractivity contribution in [2.75, 3.05) is 9.80 Å². The number of hydrogen-bond donors (Lipinski definition) is 0. The summed E-state index contributed by atoms with van der Waals surface area (Å²) in [6.45, 7) is 17.5. The van der Waals surface area contributed by atoms with Gasteiger partial charge in [-0.1, -0.05) is 204 Å². The predicted octanol–water partition coefficient (Wildman–Crippen LogP) is 22.4. The normalized spacial score (nSPS) is 11.5. The van der Waals surface area contributed by atoms with Crippen LogP contribution in [0.2, 0.25) is 0 Å². The monoisotopic (exact) mass is 1030 g/mol. The minimum Gasteiger partial charge on any atom is -0.310 e. The molecule has 2 heteroatoms. The summed E-state index contributed by atoms with van der Waals surface area (Å²) in [6, 6.07) is 91.0. The molecule has 2 nitrogen and oxygen atoms in total. The zero-order valence-corrected chi connectivity index (χ0v) is 47.0. The molecule has 0 spiro atoms. The average molecular weight is 1030 g/mol. The van der Waals surface area contributed by atoms with Gasteiger partial charge in [-0.25, -0.2) is 0 Å². The molecule has 0 bridgehead atoms. The number of anilines is 6. The minimum absolute atomic E-state index is 1.13. The van der Waals surface area contributed by atoms with Crippen molar-refractivity contribution in [3.05, 3.63) is 287 Å². The van der Waals surface area contributed by atoms with Crippen molar-refractivity contribution in [3.63, 3.8) is 0 Å². The highest BCUT2D eigenvalue weighted by Gasteiger charge is 2.24. The lowest BCUT2D eigenvalue weighted by atomic mass is 9.81. The lowest BCUT2D eigenvalue weighted by Crippen LogP contribution is -2.12. The van der Waals surface area contributed by atoms with Gasteiger partial charge in [0.15, 0.2) is 0 Å². The van der Waals surface area contributed by atoms with Crippen LogP contribution in [0.15, 0.2) is 243 Å². The van der Waals surface area contributed by atoms with Crippen molar-refractivity contribution >= 4 is 77.2 Å². The summed E-state index contributed by atoms with van der Waals surface area (Å²) in [5, 5.41) is 10.0. The number of benzene rings is 13. The molecule has 0 aliphatic rings. The van der Waals surface area contributed by atoms with Crippen molar-refractivity contribution in [2.24, 2.45) is 0 Å². The van der Waals surface area contributed by atoms with Crippen molar-refractivity contribution in [1.29, 1.82) is 0 Å². The van der Waals surface area contributed by atoms with Gasteiger partial charge < -0.3 is 9.80 Å². The molecule has 0 radical (unpaired) electrons. The number of fused-ring (bicyclic) bond motifs is 7. The summed E-state index contributed by atoms with van der Waals surface area (Å²) in [7, 11) is 0. The summed E-state index contributed by atoms with van der Waals surface area (Å²) in [4.78, 5) is 4.83. The minimum atomic E-state index is 1.13. The standard InChI is InChI=1S/C78H64N2/c1-49-27-39-71(53(5)43-49)79(72-40-28-50(2)44-54(72)6)63-35-31-57(32-36-63)59-17-15-19-61(47-59)75-69-25-13-14-26-70(69)76(78-68-24-12-10-22-66(68)65-21-9-11-23-67(65)77(75)78)62-20-16-18-60(48-62)58-33-37-64(38-34-58)80(73-41-29-51(3)45-55(73)7)74-42-30-52(4)46-56(74)8/h9-48H,1-8H3. The molecule has 0 amide bonds. The maximum atomic E-state index is 2.42. The van der Waals surface area contributed by atoms with E-state index in [1.807, 2.05) is 0 Å². The van der Waals surface area contributed by atoms with Crippen molar-refractivity contribution in [3.8, 4) is 44.5 Å². The van der Waals surface area contributed by atoms with Gasteiger partial charge in [-0.3, -0.25) is 0 Å². The lowest BCUT2D eigenvalue weighted by molar-refractivity contribution is 1.21. The first kappa shape index (κ1) is 50.0. The Labute approximate surface area is 471 Å². The number of hydrogen-bond acceptors (Lipinski definition) is 2. The zero-order chi connectivity index (χ0) is 54.8. The molecule has 0 aliphatic carbocycles. The molecular weight excluding hydrogens is 965 g/mol. The van der Waals surface area contributed by atoms with E-state index in [0.29, 0.717) is 0 Å². The lowest BCUT2D eigenvalue weighted by Gasteiger charge is -2.29. The largest absolute Gasteiger partial charge is 0.310 e. The van der Waals surface area contributed by atoms with E-state index in [-0.39, 0.29) is 0 Å². The molecule has 0 saturated heterocycles. The van der Waals surface area contributed by atoms with E-state index in [4.69, 9.17) is 0 Å². The molecule has 0 saturated carbocycles. The van der Waals surface area contributed by atoms with Crippen molar-refractivity contribution < 1.29 is 0 Å². The van der Waals surface area contributed by atoms with Crippen LogP contribution >= 0.6 is 0 Å². The fraction of sp³-hybridized carbons (Fsp3) is 0.103. The Morgan fingerprint density at radius 3 is 0.812 bits per heavy atom. The number of aryl methyl sites for hydroxylation is 8. The molecule has 386 valence electrons.